The Bertz CT molecular complexity index is 700. The Kier molecular flexibility index (Phi) is 5.57. The molecular formula is C17H18N2O4. The van der Waals surface area contributed by atoms with Crippen LogP contribution in [-0.4, -0.2) is 25.0 Å². The molecule has 0 saturated heterocycles. The van der Waals surface area contributed by atoms with Crippen molar-refractivity contribution >= 4 is 17.5 Å². The number of benzene rings is 2. The molecule has 23 heavy (non-hydrogen) atoms. The first-order chi connectivity index (χ1) is 11.1. The van der Waals surface area contributed by atoms with Gasteiger partial charge in [-0.3, -0.25) is 9.59 Å². The Morgan fingerprint density at radius 1 is 1.00 bits per heavy atom. The van der Waals surface area contributed by atoms with E-state index in [-0.39, 0.29) is 18.3 Å². The van der Waals surface area contributed by atoms with E-state index < -0.39 is 5.91 Å². The second kappa shape index (κ2) is 7.84. The molecule has 0 aliphatic rings. The van der Waals surface area contributed by atoms with Gasteiger partial charge in [0.25, 0.3) is 11.8 Å². The van der Waals surface area contributed by atoms with Crippen molar-refractivity contribution in [1.82, 2.24) is 0 Å². The molecule has 0 aliphatic heterocycles. The number of para-hydroxylation sites is 3. The summed E-state index contributed by atoms with van der Waals surface area (Å²) in [6.07, 6.45) is 0. The molecule has 3 N–H and O–H groups in total. The van der Waals surface area contributed by atoms with E-state index in [0.29, 0.717) is 23.6 Å². The minimum absolute atomic E-state index is 0.290. The third-order valence-electron chi connectivity index (χ3n) is 2.94. The second-order valence-corrected chi connectivity index (χ2v) is 4.63. The zero-order valence-electron chi connectivity index (χ0n) is 12.7. The lowest BCUT2D eigenvalue weighted by Gasteiger charge is -2.13. The van der Waals surface area contributed by atoms with E-state index in [1.54, 1.807) is 42.5 Å². The van der Waals surface area contributed by atoms with E-state index in [4.69, 9.17) is 15.2 Å². The number of anilines is 1. The normalized spacial score (nSPS) is 9.96. The largest absolute Gasteiger partial charge is 0.492 e. The predicted molar refractivity (Wildman–Crippen MR) is 86.7 cm³/mol. The molecule has 0 heterocycles. The molecular weight excluding hydrogens is 296 g/mol. The molecule has 2 amide bonds. The van der Waals surface area contributed by atoms with Gasteiger partial charge in [-0.25, -0.2) is 0 Å². The summed E-state index contributed by atoms with van der Waals surface area (Å²) in [5.41, 5.74) is 5.93. The van der Waals surface area contributed by atoms with Gasteiger partial charge in [0, 0.05) is 0 Å². The third kappa shape index (κ3) is 4.47. The number of hydrogen-bond donors (Lipinski definition) is 2. The molecule has 0 saturated carbocycles. The molecule has 2 rings (SSSR count). The smallest absolute Gasteiger partial charge is 0.259 e. The van der Waals surface area contributed by atoms with E-state index in [9.17, 15) is 9.59 Å². The summed E-state index contributed by atoms with van der Waals surface area (Å²) < 4.78 is 10.7. The Morgan fingerprint density at radius 3 is 2.35 bits per heavy atom. The lowest BCUT2D eigenvalue weighted by molar-refractivity contribution is -0.119. The maximum atomic E-state index is 12.5. The van der Waals surface area contributed by atoms with Crippen LogP contribution in [0.25, 0.3) is 0 Å². The van der Waals surface area contributed by atoms with Crippen LogP contribution in [0, 0.1) is 0 Å². The molecule has 6 nitrogen and oxygen atoms in total. The fraction of sp³-hybridized carbons (Fsp3) is 0.176. The van der Waals surface area contributed by atoms with Crippen LogP contribution in [0.5, 0.6) is 11.5 Å². The first-order valence-electron chi connectivity index (χ1n) is 7.15. The lowest BCUT2D eigenvalue weighted by Crippen LogP contribution is -2.21. The van der Waals surface area contributed by atoms with Gasteiger partial charge in [0.2, 0.25) is 0 Å². The van der Waals surface area contributed by atoms with E-state index in [2.05, 4.69) is 5.32 Å². The van der Waals surface area contributed by atoms with Crippen LogP contribution in [0.4, 0.5) is 5.69 Å². The number of primary amides is 1. The Balaban J connectivity index is 2.20. The van der Waals surface area contributed by atoms with Crippen molar-refractivity contribution in [2.45, 2.75) is 6.92 Å². The van der Waals surface area contributed by atoms with Crippen LogP contribution >= 0.6 is 0 Å². The number of ether oxygens (including phenoxy) is 2. The molecule has 0 fully saturated rings. The van der Waals surface area contributed by atoms with Crippen LogP contribution in [0.3, 0.4) is 0 Å². The van der Waals surface area contributed by atoms with Gasteiger partial charge >= 0.3 is 0 Å². The monoisotopic (exact) mass is 314 g/mol. The highest BCUT2D eigenvalue weighted by Crippen LogP contribution is 2.26. The summed E-state index contributed by atoms with van der Waals surface area (Å²) >= 11 is 0. The Labute approximate surface area is 134 Å². The highest BCUT2D eigenvalue weighted by molar-refractivity contribution is 6.06. The molecule has 2 aromatic carbocycles. The van der Waals surface area contributed by atoms with Crippen molar-refractivity contribution in [3.63, 3.8) is 0 Å². The minimum atomic E-state index is -0.609. The number of carbonyl (C=O) groups excluding carboxylic acids is 2. The SMILES string of the molecule is CCOc1ccccc1NC(=O)c1ccccc1OCC(N)=O. The molecule has 0 aliphatic carbocycles. The van der Waals surface area contributed by atoms with Crippen molar-refractivity contribution in [2.75, 3.05) is 18.5 Å². The first kappa shape index (κ1) is 16.4. The average molecular weight is 314 g/mol. The number of hydrogen-bond acceptors (Lipinski definition) is 4. The Morgan fingerprint density at radius 2 is 1.65 bits per heavy atom. The molecule has 6 heteroatoms. The van der Waals surface area contributed by atoms with Crippen molar-refractivity contribution in [1.29, 1.82) is 0 Å². The number of amides is 2. The van der Waals surface area contributed by atoms with Crippen molar-refractivity contribution < 1.29 is 19.1 Å². The maximum Gasteiger partial charge on any atom is 0.259 e. The minimum Gasteiger partial charge on any atom is -0.492 e. The fourth-order valence-electron chi connectivity index (χ4n) is 1.97. The molecule has 0 atom stereocenters. The van der Waals surface area contributed by atoms with Crippen LogP contribution in [0.1, 0.15) is 17.3 Å². The highest BCUT2D eigenvalue weighted by atomic mass is 16.5. The Hall–Kier alpha value is -3.02. The predicted octanol–water partition coefficient (Wildman–Crippen LogP) is 2.20. The van der Waals surface area contributed by atoms with Crippen LogP contribution in [-0.2, 0) is 4.79 Å². The summed E-state index contributed by atoms with van der Waals surface area (Å²) in [6.45, 7) is 2.07. The third-order valence-corrected chi connectivity index (χ3v) is 2.94. The zero-order chi connectivity index (χ0) is 16.7. The summed E-state index contributed by atoms with van der Waals surface area (Å²) in [5.74, 6) is -0.101. The van der Waals surface area contributed by atoms with Crippen LogP contribution < -0.4 is 20.5 Å². The number of rotatable bonds is 7. The van der Waals surface area contributed by atoms with Gasteiger partial charge in [-0.15, -0.1) is 0 Å². The van der Waals surface area contributed by atoms with E-state index in [1.807, 2.05) is 13.0 Å². The van der Waals surface area contributed by atoms with Gasteiger partial charge in [0.05, 0.1) is 17.9 Å². The maximum absolute atomic E-state index is 12.5. The lowest BCUT2D eigenvalue weighted by atomic mass is 10.1. The molecule has 0 aromatic heterocycles. The van der Waals surface area contributed by atoms with Crippen molar-refractivity contribution in [2.24, 2.45) is 5.73 Å². The summed E-state index contributed by atoms with van der Waals surface area (Å²) in [5, 5.41) is 2.78. The zero-order valence-corrected chi connectivity index (χ0v) is 12.7. The van der Waals surface area contributed by atoms with Gasteiger partial charge in [0.15, 0.2) is 6.61 Å². The highest BCUT2D eigenvalue weighted by Gasteiger charge is 2.14. The van der Waals surface area contributed by atoms with Gasteiger partial charge in [-0.2, -0.15) is 0 Å². The number of nitrogens with one attached hydrogen (secondary N) is 1. The summed E-state index contributed by atoms with van der Waals surface area (Å²) in [6, 6.07) is 13.8. The van der Waals surface area contributed by atoms with Crippen molar-refractivity contribution in [3.8, 4) is 11.5 Å². The van der Waals surface area contributed by atoms with E-state index >= 15 is 0 Å². The molecule has 0 bridgehead atoms. The molecule has 0 unspecified atom stereocenters. The van der Waals surface area contributed by atoms with Crippen LogP contribution in [0.2, 0.25) is 0 Å². The number of carbonyl (C=O) groups is 2. The van der Waals surface area contributed by atoms with Gasteiger partial charge < -0.3 is 20.5 Å². The standard InChI is InChI=1S/C17H18N2O4/c1-2-22-15-10-6-4-8-13(15)19-17(21)12-7-3-5-9-14(12)23-11-16(18)20/h3-10H,2,11H2,1H3,(H2,18,20)(H,19,21). The number of nitrogens with two attached hydrogens (primary N) is 1. The van der Waals surface area contributed by atoms with Crippen molar-refractivity contribution in [3.05, 3.63) is 54.1 Å². The molecule has 2 aromatic rings. The summed E-state index contributed by atoms with van der Waals surface area (Å²) in [7, 11) is 0. The summed E-state index contributed by atoms with van der Waals surface area (Å²) in [4.78, 5) is 23.3. The van der Waals surface area contributed by atoms with E-state index in [0.717, 1.165) is 0 Å². The average Bonchev–Trinajstić information content (AvgIpc) is 2.55. The second-order valence-electron chi connectivity index (χ2n) is 4.63. The fourth-order valence-corrected chi connectivity index (χ4v) is 1.97. The topological polar surface area (TPSA) is 90.7 Å². The molecule has 0 spiro atoms. The molecule has 0 radical (unpaired) electrons. The van der Waals surface area contributed by atoms with Gasteiger partial charge in [-0.1, -0.05) is 24.3 Å². The van der Waals surface area contributed by atoms with Gasteiger partial charge in [0.1, 0.15) is 11.5 Å². The first-order valence-corrected chi connectivity index (χ1v) is 7.15. The van der Waals surface area contributed by atoms with Gasteiger partial charge in [-0.05, 0) is 31.2 Å². The molecule has 120 valence electrons. The van der Waals surface area contributed by atoms with E-state index in [1.165, 1.54) is 0 Å². The quantitative estimate of drug-likeness (QED) is 0.819. The van der Waals surface area contributed by atoms with Crippen LogP contribution in [0.15, 0.2) is 48.5 Å².